The van der Waals surface area contributed by atoms with Crippen molar-refractivity contribution in [1.82, 2.24) is 21.3 Å². The average Bonchev–Trinajstić information content (AvgIpc) is 1.55. The Hall–Kier alpha value is -9.74. The summed E-state index contributed by atoms with van der Waals surface area (Å²) in [6.07, 6.45) is 3.32. The van der Waals surface area contributed by atoms with Crippen molar-refractivity contribution in [2.45, 2.75) is 108 Å². The van der Waals surface area contributed by atoms with Gasteiger partial charge in [0.05, 0.1) is 57.4 Å². The number of halogens is 8. The zero-order valence-electron chi connectivity index (χ0n) is 54.0. The van der Waals surface area contributed by atoms with Crippen LogP contribution in [0.1, 0.15) is 132 Å². The molecular formula is C75H66Cl4F4N8O10. The summed E-state index contributed by atoms with van der Waals surface area (Å²) in [5, 5.41) is 20.0. The van der Waals surface area contributed by atoms with Gasteiger partial charge in [-0.3, -0.25) is 48.7 Å². The van der Waals surface area contributed by atoms with Gasteiger partial charge in [-0.25, -0.2) is 27.2 Å². The lowest BCUT2D eigenvalue weighted by Gasteiger charge is -2.20. The first-order chi connectivity index (χ1) is 48.3. The first-order valence-electron chi connectivity index (χ1n) is 32.2. The zero-order valence-corrected chi connectivity index (χ0v) is 57.1. The third kappa shape index (κ3) is 20.5. The largest absolute Gasteiger partial charge is 0.480 e. The lowest BCUT2D eigenvalue weighted by molar-refractivity contribution is -0.147. The van der Waals surface area contributed by atoms with Gasteiger partial charge in [-0.2, -0.15) is 0 Å². The molecule has 18 nitrogen and oxygen atoms in total. The number of carboxylic acid groups (broad SMARTS) is 1. The number of nitrogens with zero attached hydrogens (tertiary/aromatic N) is 4. The second-order valence-corrected chi connectivity index (χ2v) is 26.3. The van der Waals surface area contributed by atoms with E-state index in [0.29, 0.717) is 54.0 Å². The van der Waals surface area contributed by atoms with Crippen LogP contribution in [-0.4, -0.2) is 126 Å². The van der Waals surface area contributed by atoms with E-state index in [-0.39, 0.29) is 108 Å². The molecule has 7 aromatic carbocycles. The van der Waals surface area contributed by atoms with Gasteiger partial charge in [-0.15, -0.1) is 0 Å². The molecule has 0 spiro atoms. The Morgan fingerprint density at radius 2 is 0.921 bits per heavy atom. The molecule has 4 heterocycles. The second kappa shape index (κ2) is 33.6. The van der Waals surface area contributed by atoms with Crippen LogP contribution in [0.3, 0.4) is 0 Å². The monoisotopic (exact) mass is 1450 g/mol. The van der Waals surface area contributed by atoms with Crippen molar-refractivity contribution in [3.8, 4) is 22.3 Å². The van der Waals surface area contributed by atoms with E-state index in [0.717, 1.165) is 50.1 Å². The number of aliphatic carboxylic acids is 1. The summed E-state index contributed by atoms with van der Waals surface area (Å²) in [6.45, 7) is -0.703. The number of carbonyl (C=O) groups excluding carboxylic acids is 7. The number of alkyl halides is 4. The molecule has 0 saturated heterocycles. The minimum atomic E-state index is -2.79. The molecule has 26 heteroatoms. The lowest BCUT2D eigenvalue weighted by atomic mass is 9.98. The summed E-state index contributed by atoms with van der Waals surface area (Å²) in [5.74, 6) is -11.1. The highest BCUT2D eigenvalue weighted by Gasteiger charge is 2.34. The molecule has 11 rings (SSSR count). The number of hydrogen-bond acceptors (Lipinski definition) is 13. The molecule has 0 unspecified atom stereocenters. The second-order valence-electron chi connectivity index (χ2n) is 24.6. The SMILES string of the molecule is O=C(CC[C@H](NC(=O)c1c(Cl)cc(-c2ccc3c(c2)CN=C3)cc1Cl)C(=O)O)CNC(=O)c1cccc(CC2=NCC(F)(F)CC2)c1.O=C(CC[C@H](NC(=O)c1c(Cl)cc(-c2ccc3c(c2)CN=C3)cc1Cl)C(=O)OCc1ccccc1)CNC(=O)c1cccc(CC2=NCC(F)(F)CC2)c1. The number of fused-ring (bicyclic) bond motifs is 2. The van der Waals surface area contributed by atoms with E-state index >= 15 is 0 Å². The normalized spacial score (nSPS) is 15.0. The molecule has 5 N–H and O–H groups in total. The molecule has 0 radical (unpaired) electrons. The van der Waals surface area contributed by atoms with Crippen LogP contribution < -0.4 is 21.3 Å². The van der Waals surface area contributed by atoms with Crippen molar-refractivity contribution >= 4 is 117 Å². The van der Waals surface area contributed by atoms with Gasteiger partial charge in [0, 0.05) is 73.5 Å². The van der Waals surface area contributed by atoms with Gasteiger partial charge >= 0.3 is 11.9 Å². The molecule has 0 aliphatic carbocycles. The minimum Gasteiger partial charge on any atom is -0.480 e. The van der Waals surface area contributed by atoms with E-state index in [9.17, 15) is 61.0 Å². The van der Waals surface area contributed by atoms with Crippen LogP contribution in [0.2, 0.25) is 20.1 Å². The summed E-state index contributed by atoms with van der Waals surface area (Å²) >= 11 is 26.1. The van der Waals surface area contributed by atoms with Crippen molar-refractivity contribution in [3.63, 3.8) is 0 Å². The molecule has 0 fully saturated rings. The number of rotatable bonds is 26. The molecule has 4 amide bonds. The maximum atomic E-state index is 13.6. The van der Waals surface area contributed by atoms with Crippen LogP contribution in [0.15, 0.2) is 159 Å². The molecule has 2 atom stereocenters. The summed E-state index contributed by atoms with van der Waals surface area (Å²) < 4.78 is 59.2. The summed E-state index contributed by atoms with van der Waals surface area (Å²) in [5.41, 5.74) is 11.1. The Balaban J connectivity index is 0.000000220. The number of carbonyl (C=O) groups is 8. The number of ether oxygens (including phenoxy) is 1. The van der Waals surface area contributed by atoms with Crippen molar-refractivity contribution in [2.75, 3.05) is 26.2 Å². The zero-order chi connectivity index (χ0) is 72.0. The van der Waals surface area contributed by atoms with E-state index in [1.54, 1.807) is 103 Å². The summed E-state index contributed by atoms with van der Waals surface area (Å²) in [7, 11) is 0. The molecule has 101 heavy (non-hydrogen) atoms. The predicted molar refractivity (Wildman–Crippen MR) is 379 cm³/mol. The number of aliphatic imine (C=N–C) groups is 4. The van der Waals surface area contributed by atoms with Gasteiger partial charge < -0.3 is 31.1 Å². The Bertz CT molecular complexity index is 4470. The lowest BCUT2D eigenvalue weighted by Crippen LogP contribution is -2.42. The van der Waals surface area contributed by atoms with Crippen molar-refractivity contribution in [3.05, 3.63) is 221 Å². The molecule has 7 aromatic rings. The topological polar surface area (TPSA) is 264 Å². The highest BCUT2D eigenvalue weighted by Crippen LogP contribution is 2.36. The maximum absolute atomic E-state index is 13.6. The van der Waals surface area contributed by atoms with E-state index < -0.39 is 84.2 Å². The molecule has 0 aromatic heterocycles. The number of ketones is 2. The molecule has 4 aliphatic heterocycles. The third-order valence-corrected chi connectivity index (χ3v) is 18.2. The van der Waals surface area contributed by atoms with E-state index in [2.05, 4.69) is 41.2 Å². The molecular weight excluding hydrogens is 1390 g/mol. The minimum absolute atomic E-state index is 0.0297. The quantitative estimate of drug-likeness (QED) is 0.0253. The van der Waals surface area contributed by atoms with E-state index in [1.165, 1.54) is 0 Å². The smallest absolute Gasteiger partial charge is 0.328 e. The van der Waals surface area contributed by atoms with Gasteiger partial charge in [-0.1, -0.05) is 125 Å². The number of esters is 1. The summed E-state index contributed by atoms with van der Waals surface area (Å²) in [6, 6.07) is 37.5. The van der Waals surface area contributed by atoms with Gasteiger partial charge in [-0.05, 0) is 148 Å². The fourth-order valence-corrected chi connectivity index (χ4v) is 12.8. The first-order valence-corrected chi connectivity index (χ1v) is 33.7. The maximum Gasteiger partial charge on any atom is 0.328 e. The molecule has 0 saturated carbocycles. The van der Waals surface area contributed by atoms with Crippen molar-refractivity contribution < 1.29 is 65.8 Å². The molecule has 0 bridgehead atoms. The van der Waals surface area contributed by atoms with Crippen molar-refractivity contribution in [1.29, 1.82) is 0 Å². The highest BCUT2D eigenvalue weighted by atomic mass is 35.5. The Labute approximate surface area is 598 Å². The fourth-order valence-electron chi connectivity index (χ4n) is 11.5. The fraction of sp³-hybridized carbons (Fsp3) is 0.280. The number of hydrogen-bond donors (Lipinski definition) is 5. The number of amides is 4. The third-order valence-electron chi connectivity index (χ3n) is 17.0. The first kappa shape index (κ1) is 74.0. The van der Waals surface area contributed by atoms with Gasteiger partial charge in [0.15, 0.2) is 11.6 Å². The number of nitrogens with one attached hydrogen (secondary N) is 4. The van der Waals surface area contributed by atoms with Gasteiger partial charge in [0.2, 0.25) is 0 Å². The number of Topliss-reactive ketones (excluding diaryl/α,β-unsaturated/α-hetero) is 2. The van der Waals surface area contributed by atoms with E-state index in [4.69, 9.17) is 51.1 Å². The standard InChI is InChI=1S/C41H36Cl2F2N4O5.C34H30Cl2F2N4O5/c42-34-18-30(27-9-10-29-20-46-21-31(29)17-27)19-35(43)37(34)39(52)49-36(40(53)54-23-25-5-2-1-3-6-25)12-11-33(50)22-47-38(51)28-8-4-7-26(15-28)16-32-13-14-41(44,45)24-48-32;35-27-13-23(20-4-5-22-15-39-16-24(22)12-20)14-28(36)30(27)32(45)42-29(33(46)47)7-6-26(43)17-40-31(44)21-3-1-2-19(10-21)11-25-8-9-34(37,38)18-41-25/h1-10,15,17-20,36H,11-14,16,21-24H2,(H,47,51)(H,49,52);1-5,10,12-15,29H,6-9,11,16-18H2,(H,40,44)(H,42,45)(H,46,47)/t36-;29-/m00/s1. The Kier molecular flexibility index (Phi) is 24.6. The van der Waals surface area contributed by atoms with Crippen LogP contribution >= 0.6 is 46.4 Å². The van der Waals surface area contributed by atoms with E-state index in [1.807, 2.05) is 48.7 Å². The molecule has 522 valence electrons. The van der Waals surface area contributed by atoms with Gasteiger partial charge in [0.25, 0.3) is 35.5 Å². The van der Waals surface area contributed by atoms with Gasteiger partial charge in [0.1, 0.15) is 31.8 Å². The van der Waals surface area contributed by atoms with Crippen LogP contribution in [0.5, 0.6) is 0 Å². The summed E-state index contributed by atoms with van der Waals surface area (Å²) in [4.78, 5) is 119. The average molecular weight is 1460 g/mol. The van der Waals surface area contributed by atoms with Crippen LogP contribution in [0, 0.1) is 0 Å². The van der Waals surface area contributed by atoms with Crippen LogP contribution in [0.25, 0.3) is 22.3 Å². The van der Waals surface area contributed by atoms with Crippen molar-refractivity contribution in [2.24, 2.45) is 20.0 Å². The number of benzene rings is 7. The predicted octanol–water partition coefficient (Wildman–Crippen LogP) is 13.6. The Morgan fingerprint density at radius 1 is 0.495 bits per heavy atom. The van der Waals surface area contributed by atoms with Crippen LogP contribution in [0.4, 0.5) is 17.6 Å². The number of carboxylic acids is 1. The highest BCUT2D eigenvalue weighted by molar-refractivity contribution is 6.41. The molecule has 4 aliphatic rings. The van der Waals surface area contributed by atoms with Crippen LogP contribution in [-0.2, 0) is 56.5 Å². The Morgan fingerprint density at radius 3 is 1.35 bits per heavy atom.